The van der Waals surface area contributed by atoms with Crippen LogP contribution in [0.2, 0.25) is 0 Å². The Balaban J connectivity index is 0.000000332. The first-order chi connectivity index (χ1) is 16.7. The van der Waals surface area contributed by atoms with Crippen molar-refractivity contribution in [3.8, 4) is 11.5 Å². The minimum atomic E-state index is -0.129. The lowest BCUT2D eigenvalue weighted by molar-refractivity contribution is -0.125. The molecule has 3 rings (SSSR count). The molecule has 4 nitrogen and oxygen atoms in total. The summed E-state index contributed by atoms with van der Waals surface area (Å²) in [5.41, 5.74) is 0.616. The molecule has 4 heteroatoms. The third kappa shape index (κ3) is 13.6. The number of hydrogen-bond acceptors (Lipinski definition) is 4. The lowest BCUT2D eigenvalue weighted by atomic mass is 10.0. The highest BCUT2D eigenvalue weighted by molar-refractivity contribution is 5.97. The lowest BCUT2D eigenvalue weighted by Crippen LogP contribution is -2.27. The summed E-state index contributed by atoms with van der Waals surface area (Å²) in [6.07, 6.45) is 12.0. The standard InChI is InChI=1S/C17H24O.C12H14O3.C2H6/c1-17(2,18-16-12-4-3-5-13-16)14-8-11-15-9-6-7-10-15;1-9(13)8-11(14)7-6-10-4-2-3-5-12(10)15;1-2/h3-5,8,11-13,15H,6-7,9-10,14H2,1-2H3;2-5,15H,6-8H2,1H3;1-2H3/b11-8+;;. The predicted molar refractivity (Wildman–Crippen MR) is 145 cm³/mol. The van der Waals surface area contributed by atoms with Gasteiger partial charge >= 0.3 is 0 Å². The van der Waals surface area contributed by atoms with Gasteiger partial charge in [-0.3, -0.25) is 9.59 Å². The van der Waals surface area contributed by atoms with Gasteiger partial charge in [-0.25, -0.2) is 0 Å². The van der Waals surface area contributed by atoms with E-state index in [2.05, 4.69) is 26.0 Å². The molecule has 1 fully saturated rings. The van der Waals surface area contributed by atoms with Crippen molar-refractivity contribution in [1.82, 2.24) is 0 Å². The van der Waals surface area contributed by atoms with Crippen LogP contribution in [0, 0.1) is 5.92 Å². The van der Waals surface area contributed by atoms with Gasteiger partial charge in [0.1, 0.15) is 28.7 Å². The van der Waals surface area contributed by atoms with Crippen LogP contribution in [0.25, 0.3) is 0 Å². The molecular formula is C31H44O4. The molecule has 0 unspecified atom stereocenters. The molecule has 0 aliphatic heterocycles. The molecule has 1 aliphatic carbocycles. The third-order valence-electron chi connectivity index (χ3n) is 5.67. The van der Waals surface area contributed by atoms with Crippen LogP contribution in [0.5, 0.6) is 11.5 Å². The number of benzene rings is 2. The summed E-state index contributed by atoms with van der Waals surface area (Å²) in [5.74, 6) is 1.78. The van der Waals surface area contributed by atoms with E-state index in [-0.39, 0.29) is 29.3 Å². The fourth-order valence-electron chi connectivity index (χ4n) is 3.91. The summed E-state index contributed by atoms with van der Waals surface area (Å²) in [7, 11) is 0. The second kappa shape index (κ2) is 16.7. The van der Waals surface area contributed by atoms with Gasteiger partial charge in [0.05, 0.1) is 6.42 Å². The Hall–Kier alpha value is -2.88. The quantitative estimate of drug-likeness (QED) is 0.277. The van der Waals surface area contributed by atoms with E-state index >= 15 is 0 Å². The maximum atomic E-state index is 11.2. The highest BCUT2D eigenvalue weighted by Crippen LogP contribution is 2.27. The molecule has 2 aromatic rings. The molecule has 35 heavy (non-hydrogen) atoms. The zero-order valence-corrected chi connectivity index (χ0v) is 22.3. The van der Waals surface area contributed by atoms with Crippen LogP contribution in [0.4, 0.5) is 0 Å². The monoisotopic (exact) mass is 480 g/mol. The number of carbonyl (C=O) groups excluding carboxylic acids is 2. The van der Waals surface area contributed by atoms with E-state index in [1.165, 1.54) is 32.6 Å². The Morgan fingerprint density at radius 2 is 1.60 bits per heavy atom. The predicted octanol–water partition coefficient (Wildman–Crippen LogP) is 7.88. The molecule has 0 radical (unpaired) electrons. The number of ketones is 2. The van der Waals surface area contributed by atoms with E-state index in [1.54, 1.807) is 18.2 Å². The highest BCUT2D eigenvalue weighted by Gasteiger charge is 2.18. The SMILES string of the molecule is CC.CC(=O)CC(=O)CCc1ccccc1O.CC(C)(C/C=C/C1CCCC1)Oc1ccccc1. The molecule has 0 saturated heterocycles. The zero-order valence-electron chi connectivity index (χ0n) is 22.3. The average Bonchev–Trinajstić information content (AvgIpc) is 3.34. The molecule has 0 heterocycles. The Morgan fingerprint density at radius 3 is 2.20 bits per heavy atom. The van der Waals surface area contributed by atoms with Crippen LogP contribution >= 0.6 is 0 Å². The Kier molecular flexibility index (Phi) is 14.4. The van der Waals surface area contributed by atoms with Crippen LogP contribution < -0.4 is 4.74 Å². The van der Waals surface area contributed by atoms with Gasteiger partial charge in [-0.15, -0.1) is 0 Å². The molecule has 0 spiro atoms. The second-order valence-corrected chi connectivity index (χ2v) is 9.40. The maximum absolute atomic E-state index is 11.2. The lowest BCUT2D eigenvalue weighted by Gasteiger charge is -2.25. The van der Waals surface area contributed by atoms with Crippen molar-refractivity contribution in [1.29, 1.82) is 0 Å². The number of ether oxygens (including phenoxy) is 1. The summed E-state index contributed by atoms with van der Waals surface area (Å²) in [5, 5.41) is 9.43. The molecule has 1 saturated carbocycles. The summed E-state index contributed by atoms with van der Waals surface area (Å²) < 4.78 is 6.02. The topological polar surface area (TPSA) is 63.6 Å². The first-order valence-electron chi connectivity index (χ1n) is 12.9. The Morgan fingerprint density at radius 1 is 1.00 bits per heavy atom. The van der Waals surface area contributed by atoms with E-state index in [0.29, 0.717) is 12.8 Å². The minimum absolute atomic E-state index is 0.00635. The van der Waals surface area contributed by atoms with Crippen molar-refractivity contribution in [2.75, 3.05) is 0 Å². The fourth-order valence-corrected chi connectivity index (χ4v) is 3.91. The van der Waals surface area contributed by atoms with Crippen LogP contribution in [-0.2, 0) is 16.0 Å². The van der Waals surface area contributed by atoms with Crippen LogP contribution in [0.1, 0.15) is 85.1 Å². The number of carbonyl (C=O) groups is 2. The highest BCUT2D eigenvalue weighted by atomic mass is 16.5. The molecule has 2 aromatic carbocycles. The van der Waals surface area contributed by atoms with Crippen molar-refractivity contribution in [3.05, 3.63) is 72.3 Å². The molecule has 0 amide bonds. The Labute approximate surface area is 212 Å². The summed E-state index contributed by atoms with van der Waals surface area (Å²) >= 11 is 0. The number of phenolic OH excluding ortho intramolecular Hbond substituents is 1. The van der Waals surface area contributed by atoms with Gasteiger partial charge in [-0.1, -0.05) is 75.2 Å². The van der Waals surface area contributed by atoms with Crippen molar-refractivity contribution in [2.45, 2.75) is 91.6 Å². The van der Waals surface area contributed by atoms with Gasteiger partial charge < -0.3 is 9.84 Å². The molecule has 1 N–H and O–H groups in total. The van der Waals surface area contributed by atoms with Crippen LogP contribution in [-0.4, -0.2) is 22.3 Å². The summed E-state index contributed by atoms with van der Waals surface area (Å²) in [4.78, 5) is 21.9. The second-order valence-electron chi connectivity index (χ2n) is 9.40. The molecule has 192 valence electrons. The van der Waals surface area contributed by atoms with Gasteiger partial charge in [0.15, 0.2) is 0 Å². The summed E-state index contributed by atoms with van der Waals surface area (Å²) in [6.45, 7) is 9.70. The number of rotatable bonds is 10. The first-order valence-corrected chi connectivity index (χ1v) is 12.9. The van der Waals surface area contributed by atoms with Crippen molar-refractivity contribution < 1.29 is 19.4 Å². The van der Waals surface area contributed by atoms with E-state index in [9.17, 15) is 14.7 Å². The number of aryl methyl sites for hydroxylation is 1. The number of phenols is 1. The summed E-state index contributed by atoms with van der Waals surface area (Å²) in [6, 6.07) is 17.0. The minimum Gasteiger partial charge on any atom is -0.508 e. The number of Topliss-reactive ketones (excluding diaryl/α,β-unsaturated/α-hetero) is 2. The van der Waals surface area contributed by atoms with Gasteiger partial charge in [-0.05, 0) is 69.7 Å². The van der Waals surface area contributed by atoms with E-state index < -0.39 is 0 Å². The Bertz CT molecular complexity index is 893. The molecule has 1 aliphatic rings. The number of allylic oxidation sites excluding steroid dienone is 1. The van der Waals surface area contributed by atoms with Crippen LogP contribution in [0.3, 0.4) is 0 Å². The van der Waals surface area contributed by atoms with Crippen molar-refractivity contribution in [2.24, 2.45) is 5.92 Å². The zero-order chi connectivity index (χ0) is 26.1. The van der Waals surface area contributed by atoms with Gasteiger partial charge in [0.2, 0.25) is 0 Å². The van der Waals surface area contributed by atoms with Crippen LogP contribution in [0.15, 0.2) is 66.7 Å². The third-order valence-corrected chi connectivity index (χ3v) is 5.67. The first kappa shape index (κ1) is 30.2. The molecular weight excluding hydrogens is 436 g/mol. The van der Waals surface area contributed by atoms with E-state index in [0.717, 1.165) is 23.7 Å². The van der Waals surface area contributed by atoms with Crippen molar-refractivity contribution in [3.63, 3.8) is 0 Å². The normalized spacial score (nSPS) is 13.4. The van der Waals surface area contributed by atoms with E-state index in [4.69, 9.17) is 4.74 Å². The average molecular weight is 481 g/mol. The van der Waals surface area contributed by atoms with Gasteiger partial charge in [0, 0.05) is 12.8 Å². The van der Waals surface area contributed by atoms with Crippen molar-refractivity contribution >= 4 is 11.6 Å². The smallest absolute Gasteiger partial charge is 0.140 e. The number of hydrogen-bond donors (Lipinski definition) is 1. The van der Waals surface area contributed by atoms with E-state index in [1.807, 2.05) is 50.2 Å². The molecule has 0 bridgehead atoms. The largest absolute Gasteiger partial charge is 0.508 e. The van der Waals surface area contributed by atoms with Gasteiger partial charge in [-0.2, -0.15) is 0 Å². The van der Waals surface area contributed by atoms with Gasteiger partial charge in [0.25, 0.3) is 0 Å². The number of para-hydroxylation sites is 2. The number of aromatic hydroxyl groups is 1. The maximum Gasteiger partial charge on any atom is 0.140 e. The molecule has 0 aromatic heterocycles. The molecule has 0 atom stereocenters. The fraction of sp³-hybridized carbons (Fsp3) is 0.484.